The van der Waals surface area contributed by atoms with E-state index in [-0.39, 0.29) is 6.17 Å². The average Bonchev–Trinajstić information content (AvgIpc) is 3.43. The van der Waals surface area contributed by atoms with Crippen molar-refractivity contribution in [2.45, 2.75) is 6.17 Å². The van der Waals surface area contributed by atoms with Crippen LogP contribution in [0.25, 0.3) is 42.1 Å². The van der Waals surface area contributed by atoms with Crippen molar-refractivity contribution in [2.24, 2.45) is 9.98 Å². The van der Waals surface area contributed by atoms with E-state index < -0.39 is 0 Å². The summed E-state index contributed by atoms with van der Waals surface area (Å²) in [4.78, 5) is 10.2. The molecule has 41 heavy (non-hydrogen) atoms. The van der Waals surface area contributed by atoms with Gasteiger partial charge in [-0.3, -0.25) is 0 Å². The zero-order chi connectivity index (χ0) is 27.2. The molecular formula is C37H25N3S. The number of aliphatic imine (C=N–C) groups is 2. The fourth-order valence-corrected chi connectivity index (χ4v) is 6.95. The van der Waals surface area contributed by atoms with Gasteiger partial charge in [0.1, 0.15) is 12.0 Å². The van der Waals surface area contributed by atoms with Crippen LogP contribution < -0.4 is 5.32 Å². The van der Waals surface area contributed by atoms with E-state index in [0.29, 0.717) is 0 Å². The molecule has 1 aliphatic heterocycles. The summed E-state index contributed by atoms with van der Waals surface area (Å²) < 4.78 is 2.53. The predicted octanol–water partition coefficient (Wildman–Crippen LogP) is 9.37. The molecule has 0 fully saturated rings. The highest BCUT2D eigenvalue weighted by Gasteiger charge is 2.23. The van der Waals surface area contributed by atoms with Crippen LogP contribution in [0.5, 0.6) is 0 Å². The molecule has 1 unspecified atom stereocenters. The van der Waals surface area contributed by atoms with Crippen molar-refractivity contribution in [3.8, 4) is 11.1 Å². The highest BCUT2D eigenvalue weighted by Crippen LogP contribution is 2.43. The van der Waals surface area contributed by atoms with Gasteiger partial charge in [-0.2, -0.15) is 0 Å². The second-order valence-electron chi connectivity index (χ2n) is 10.3. The van der Waals surface area contributed by atoms with Crippen molar-refractivity contribution in [1.82, 2.24) is 5.32 Å². The smallest absolute Gasteiger partial charge is 0.159 e. The molecule has 1 N–H and O–H groups in total. The molecule has 1 aliphatic rings. The Kier molecular flexibility index (Phi) is 5.71. The normalized spacial score (nSPS) is 15.1. The van der Waals surface area contributed by atoms with E-state index >= 15 is 0 Å². The second kappa shape index (κ2) is 9.84. The van der Waals surface area contributed by atoms with Crippen LogP contribution in [0.3, 0.4) is 0 Å². The summed E-state index contributed by atoms with van der Waals surface area (Å²) in [6.45, 7) is 0. The predicted molar refractivity (Wildman–Crippen MR) is 174 cm³/mol. The van der Waals surface area contributed by atoms with Crippen LogP contribution in [-0.4, -0.2) is 11.7 Å². The standard InChI is InChI=1S/C37H25N3S/c1-3-13-25(14-4-1)35-38-36(26-15-5-2-6-16-26)40-37(39-35)27-22-31(29-20-11-17-24-12-7-8-18-28(24)29)34-30-19-9-10-21-32(30)41-33(34)23-27/h1-23,35H,(H,38,39,40). The van der Waals surface area contributed by atoms with E-state index in [0.717, 1.165) is 28.4 Å². The first-order valence-electron chi connectivity index (χ1n) is 13.8. The Morgan fingerprint density at radius 3 is 2.12 bits per heavy atom. The highest BCUT2D eigenvalue weighted by atomic mass is 32.1. The van der Waals surface area contributed by atoms with Gasteiger partial charge < -0.3 is 5.32 Å². The molecular weight excluding hydrogens is 518 g/mol. The Hall–Kier alpha value is -5.06. The Balaban J connectivity index is 1.38. The van der Waals surface area contributed by atoms with Crippen LogP contribution >= 0.6 is 11.3 Å². The average molecular weight is 544 g/mol. The summed E-state index contributed by atoms with van der Waals surface area (Å²) >= 11 is 1.84. The number of rotatable bonds is 4. The first kappa shape index (κ1) is 23.8. The fraction of sp³-hybridized carbons (Fsp3) is 0.0270. The molecule has 0 saturated carbocycles. The van der Waals surface area contributed by atoms with Gasteiger partial charge in [0.05, 0.1) is 0 Å². The minimum absolute atomic E-state index is 0.238. The topological polar surface area (TPSA) is 36.8 Å². The SMILES string of the molecule is c1ccc(C2=NC(c3ccccc3)NC(c3cc(-c4cccc5ccccc45)c4c(c3)sc3ccccc34)=N2)cc1. The summed E-state index contributed by atoms with van der Waals surface area (Å²) in [5.41, 5.74) is 5.61. The molecule has 7 aromatic rings. The van der Waals surface area contributed by atoms with Gasteiger partial charge in [0.25, 0.3) is 0 Å². The molecule has 6 aromatic carbocycles. The van der Waals surface area contributed by atoms with Gasteiger partial charge in [-0.25, -0.2) is 9.98 Å². The van der Waals surface area contributed by atoms with Gasteiger partial charge in [0, 0.05) is 31.3 Å². The molecule has 194 valence electrons. The monoisotopic (exact) mass is 543 g/mol. The molecule has 0 radical (unpaired) electrons. The molecule has 0 bridgehead atoms. The molecule has 1 atom stereocenters. The van der Waals surface area contributed by atoms with Crippen LogP contribution in [0.2, 0.25) is 0 Å². The van der Waals surface area contributed by atoms with Crippen molar-refractivity contribution < 1.29 is 0 Å². The van der Waals surface area contributed by atoms with Crippen molar-refractivity contribution in [1.29, 1.82) is 0 Å². The molecule has 0 aliphatic carbocycles. The molecule has 0 saturated heterocycles. The minimum atomic E-state index is -0.238. The summed E-state index contributed by atoms with van der Waals surface area (Å²) in [6, 6.07) is 49.2. The van der Waals surface area contributed by atoms with Crippen molar-refractivity contribution in [3.05, 3.63) is 156 Å². The van der Waals surface area contributed by atoms with E-state index in [9.17, 15) is 0 Å². The lowest BCUT2D eigenvalue weighted by molar-refractivity contribution is 0.674. The lowest BCUT2D eigenvalue weighted by Crippen LogP contribution is -2.33. The number of nitrogens with one attached hydrogen (secondary N) is 1. The van der Waals surface area contributed by atoms with Crippen molar-refractivity contribution >= 4 is 54.0 Å². The number of hydrogen-bond acceptors (Lipinski definition) is 4. The Labute approximate surface area is 242 Å². The third-order valence-corrected chi connectivity index (χ3v) is 8.84. The molecule has 2 heterocycles. The third kappa shape index (κ3) is 4.21. The van der Waals surface area contributed by atoms with Gasteiger partial charge in [0.15, 0.2) is 5.84 Å². The van der Waals surface area contributed by atoms with E-state index in [4.69, 9.17) is 9.98 Å². The van der Waals surface area contributed by atoms with E-state index in [1.807, 2.05) is 35.6 Å². The number of amidine groups is 2. The summed E-state index contributed by atoms with van der Waals surface area (Å²) in [7, 11) is 0. The van der Waals surface area contributed by atoms with Crippen molar-refractivity contribution in [3.63, 3.8) is 0 Å². The largest absolute Gasteiger partial charge is 0.344 e. The Morgan fingerprint density at radius 2 is 1.27 bits per heavy atom. The third-order valence-electron chi connectivity index (χ3n) is 7.72. The lowest BCUT2D eigenvalue weighted by Gasteiger charge is -2.24. The fourth-order valence-electron chi connectivity index (χ4n) is 5.78. The summed E-state index contributed by atoms with van der Waals surface area (Å²) in [5, 5.41) is 8.73. The lowest BCUT2D eigenvalue weighted by atomic mass is 9.93. The maximum Gasteiger partial charge on any atom is 0.159 e. The Morgan fingerprint density at radius 1 is 0.561 bits per heavy atom. The summed E-state index contributed by atoms with van der Waals surface area (Å²) in [5.74, 6) is 1.56. The van der Waals surface area contributed by atoms with Gasteiger partial charge >= 0.3 is 0 Å². The molecule has 4 heteroatoms. The zero-order valence-electron chi connectivity index (χ0n) is 22.2. The van der Waals surface area contributed by atoms with Crippen LogP contribution in [0.1, 0.15) is 22.9 Å². The number of benzene rings is 6. The van der Waals surface area contributed by atoms with E-state index in [2.05, 4.69) is 121 Å². The van der Waals surface area contributed by atoms with Crippen LogP contribution in [0.4, 0.5) is 0 Å². The van der Waals surface area contributed by atoms with Crippen LogP contribution in [0.15, 0.2) is 150 Å². The second-order valence-corrected chi connectivity index (χ2v) is 11.3. The zero-order valence-corrected chi connectivity index (χ0v) is 23.0. The maximum absolute atomic E-state index is 5.12. The number of hydrogen-bond donors (Lipinski definition) is 1. The van der Waals surface area contributed by atoms with E-state index in [1.54, 1.807) is 0 Å². The maximum atomic E-state index is 5.12. The van der Waals surface area contributed by atoms with Gasteiger partial charge in [-0.15, -0.1) is 11.3 Å². The van der Waals surface area contributed by atoms with Gasteiger partial charge in [-0.05, 0) is 45.7 Å². The van der Waals surface area contributed by atoms with E-state index in [1.165, 1.54) is 42.1 Å². The molecule has 3 nitrogen and oxygen atoms in total. The van der Waals surface area contributed by atoms with Gasteiger partial charge in [-0.1, -0.05) is 121 Å². The molecule has 1 aromatic heterocycles. The quantitative estimate of drug-likeness (QED) is 0.236. The molecule has 0 amide bonds. The van der Waals surface area contributed by atoms with Crippen molar-refractivity contribution in [2.75, 3.05) is 0 Å². The Bertz CT molecular complexity index is 2120. The summed E-state index contributed by atoms with van der Waals surface area (Å²) in [6.07, 6.45) is -0.238. The number of nitrogens with zero attached hydrogens (tertiary/aromatic N) is 2. The molecule has 8 rings (SSSR count). The molecule has 0 spiro atoms. The highest BCUT2D eigenvalue weighted by molar-refractivity contribution is 7.26. The first-order valence-corrected chi connectivity index (χ1v) is 14.6. The first-order chi connectivity index (χ1) is 20.3. The minimum Gasteiger partial charge on any atom is -0.344 e. The number of fused-ring (bicyclic) bond motifs is 4. The van der Waals surface area contributed by atoms with Gasteiger partial charge in [0.2, 0.25) is 0 Å². The van der Waals surface area contributed by atoms with Crippen LogP contribution in [-0.2, 0) is 0 Å². The van der Waals surface area contributed by atoms with Crippen LogP contribution in [0, 0.1) is 0 Å². The number of thiophene rings is 1.